The molecule has 7 heteroatoms. The van der Waals surface area contributed by atoms with Crippen molar-refractivity contribution in [1.29, 1.82) is 0 Å². The molecule has 2 rings (SSSR count). The number of nitrogens with zero attached hydrogens (tertiary/aromatic N) is 2. The number of furan rings is 1. The number of rotatable bonds is 8. The highest BCUT2D eigenvalue weighted by Gasteiger charge is 2.16. The van der Waals surface area contributed by atoms with Crippen LogP contribution < -0.4 is 5.32 Å². The molecule has 0 saturated heterocycles. The summed E-state index contributed by atoms with van der Waals surface area (Å²) in [5.74, 6) is 0.145. The zero-order valence-electron chi connectivity index (χ0n) is 16.0. The van der Waals surface area contributed by atoms with Crippen molar-refractivity contribution >= 4 is 11.9 Å². The van der Waals surface area contributed by atoms with Crippen LogP contribution in [-0.4, -0.2) is 26.8 Å². The van der Waals surface area contributed by atoms with Gasteiger partial charge < -0.3 is 14.8 Å². The third-order valence-electron chi connectivity index (χ3n) is 4.33. The van der Waals surface area contributed by atoms with Crippen molar-refractivity contribution in [3.05, 3.63) is 40.1 Å². The maximum Gasteiger partial charge on any atom is 0.339 e. The number of aromatic carboxylic acids is 1. The second-order valence-corrected chi connectivity index (χ2v) is 6.99. The molecule has 0 spiro atoms. The average molecular weight is 361 g/mol. The number of carboxylic acids is 1. The van der Waals surface area contributed by atoms with Gasteiger partial charge in [0.1, 0.15) is 17.1 Å². The minimum atomic E-state index is -1.03. The quantitative estimate of drug-likeness (QED) is 0.753. The molecule has 1 amide bonds. The van der Waals surface area contributed by atoms with Crippen LogP contribution in [0.25, 0.3) is 0 Å². The van der Waals surface area contributed by atoms with Gasteiger partial charge in [0.05, 0.1) is 12.2 Å². The van der Waals surface area contributed by atoms with E-state index in [0.29, 0.717) is 30.3 Å². The molecule has 0 aliphatic rings. The molecule has 0 saturated carbocycles. The number of hydrogen-bond donors (Lipinski definition) is 2. The molecule has 26 heavy (non-hydrogen) atoms. The first kappa shape index (κ1) is 19.8. The highest BCUT2D eigenvalue weighted by atomic mass is 16.4. The van der Waals surface area contributed by atoms with Gasteiger partial charge in [0, 0.05) is 18.7 Å². The second kappa shape index (κ2) is 8.21. The highest BCUT2D eigenvalue weighted by Crippen LogP contribution is 2.17. The summed E-state index contributed by atoms with van der Waals surface area (Å²) in [5.41, 5.74) is 3.31. The molecule has 0 bridgehead atoms. The van der Waals surface area contributed by atoms with Gasteiger partial charge in [0.2, 0.25) is 5.91 Å². The lowest BCUT2D eigenvalue weighted by Crippen LogP contribution is -2.23. The molecule has 0 unspecified atom stereocenters. The molecule has 0 radical (unpaired) electrons. The largest absolute Gasteiger partial charge is 0.478 e. The third kappa shape index (κ3) is 4.74. The molecular weight excluding hydrogens is 334 g/mol. The molecule has 0 atom stereocenters. The smallest absolute Gasteiger partial charge is 0.339 e. The van der Waals surface area contributed by atoms with E-state index in [9.17, 15) is 9.59 Å². The summed E-state index contributed by atoms with van der Waals surface area (Å²) in [6.45, 7) is 10.9. The molecule has 7 nitrogen and oxygen atoms in total. The normalized spacial score (nSPS) is 11.2. The van der Waals surface area contributed by atoms with E-state index < -0.39 is 5.97 Å². The minimum Gasteiger partial charge on any atom is -0.478 e. The van der Waals surface area contributed by atoms with E-state index in [2.05, 4.69) is 24.3 Å². The van der Waals surface area contributed by atoms with Crippen LogP contribution in [-0.2, 0) is 24.3 Å². The fraction of sp³-hybridized carbons (Fsp3) is 0.526. The Hall–Kier alpha value is -2.57. The van der Waals surface area contributed by atoms with Crippen molar-refractivity contribution in [2.24, 2.45) is 5.92 Å². The highest BCUT2D eigenvalue weighted by molar-refractivity contribution is 5.88. The number of aryl methyl sites for hydroxylation is 2. The Bertz CT molecular complexity index is 802. The van der Waals surface area contributed by atoms with Crippen molar-refractivity contribution in [1.82, 2.24) is 15.1 Å². The van der Waals surface area contributed by atoms with Crippen molar-refractivity contribution < 1.29 is 19.1 Å². The molecule has 2 aromatic rings. The Kier molecular flexibility index (Phi) is 6.23. The van der Waals surface area contributed by atoms with Crippen LogP contribution in [0.2, 0.25) is 0 Å². The fourth-order valence-corrected chi connectivity index (χ4v) is 2.98. The van der Waals surface area contributed by atoms with E-state index in [4.69, 9.17) is 9.52 Å². The van der Waals surface area contributed by atoms with E-state index >= 15 is 0 Å². The van der Waals surface area contributed by atoms with E-state index in [0.717, 1.165) is 23.5 Å². The van der Waals surface area contributed by atoms with Gasteiger partial charge in [0.25, 0.3) is 0 Å². The lowest BCUT2D eigenvalue weighted by atomic mass is 10.1. The van der Waals surface area contributed by atoms with Crippen LogP contribution in [0.4, 0.5) is 0 Å². The van der Waals surface area contributed by atoms with Gasteiger partial charge in [-0.2, -0.15) is 5.10 Å². The summed E-state index contributed by atoms with van der Waals surface area (Å²) in [5, 5.41) is 16.4. The summed E-state index contributed by atoms with van der Waals surface area (Å²) < 4.78 is 7.36. The van der Waals surface area contributed by atoms with Gasteiger partial charge in [-0.1, -0.05) is 13.8 Å². The molecule has 2 aromatic heterocycles. The number of carboxylic acid groups (broad SMARTS) is 1. The van der Waals surface area contributed by atoms with Crippen molar-refractivity contribution in [2.75, 3.05) is 0 Å². The molecular formula is C19H27N3O4. The summed E-state index contributed by atoms with van der Waals surface area (Å²) in [7, 11) is 0. The van der Waals surface area contributed by atoms with Crippen LogP contribution in [0, 0.1) is 26.7 Å². The van der Waals surface area contributed by atoms with Crippen molar-refractivity contribution in [3.8, 4) is 0 Å². The number of amides is 1. The molecule has 0 aromatic carbocycles. The monoisotopic (exact) mass is 361 g/mol. The van der Waals surface area contributed by atoms with E-state index in [1.807, 2.05) is 18.5 Å². The minimum absolute atomic E-state index is 0.105. The number of carbonyl (C=O) groups is 2. The van der Waals surface area contributed by atoms with Gasteiger partial charge in [-0.25, -0.2) is 4.79 Å². The molecule has 2 heterocycles. The maximum absolute atomic E-state index is 12.1. The van der Waals surface area contributed by atoms with Gasteiger partial charge >= 0.3 is 5.97 Å². The lowest BCUT2D eigenvalue weighted by molar-refractivity contribution is -0.121. The van der Waals surface area contributed by atoms with Gasteiger partial charge in [0.15, 0.2) is 0 Å². The number of aromatic nitrogens is 2. The topological polar surface area (TPSA) is 97.4 Å². The summed E-state index contributed by atoms with van der Waals surface area (Å²) in [6.07, 6.45) is 0.972. The summed E-state index contributed by atoms with van der Waals surface area (Å²) in [6, 6.07) is 1.45. The van der Waals surface area contributed by atoms with Crippen LogP contribution >= 0.6 is 0 Å². The zero-order valence-corrected chi connectivity index (χ0v) is 16.0. The zero-order chi connectivity index (χ0) is 19.4. The molecule has 142 valence electrons. The van der Waals surface area contributed by atoms with Crippen LogP contribution in [0.1, 0.15) is 59.1 Å². The maximum atomic E-state index is 12.1. The second-order valence-electron chi connectivity index (χ2n) is 6.99. The first-order valence-corrected chi connectivity index (χ1v) is 8.81. The summed E-state index contributed by atoms with van der Waals surface area (Å²) in [4.78, 5) is 23.1. The molecule has 2 N–H and O–H groups in total. The first-order chi connectivity index (χ1) is 12.2. The Labute approximate surface area is 153 Å². The predicted octanol–water partition coefficient (Wildman–Crippen LogP) is 3.00. The number of hydrogen-bond acceptors (Lipinski definition) is 4. The third-order valence-corrected chi connectivity index (χ3v) is 4.33. The van der Waals surface area contributed by atoms with Crippen molar-refractivity contribution in [3.63, 3.8) is 0 Å². The van der Waals surface area contributed by atoms with E-state index in [1.54, 1.807) is 6.92 Å². The Balaban J connectivity index is 1.90. The van der Waals surface area contributed by atoms with Gasteiger partial charge in [-0.3, -0.25) is 9.48 Å². The molecule has 0 fully saturated rings. The van der Waals surface area contributed by atoms with Crippen LogP contribution in [0.15, 0.2) is 10.5 Å². The van der Waals surface area contributed by atoms with Crippen LogP contribution in [0.3, 0.4) is 0 Å². The molecule has 0 aliphatic heterocycles. The SMILES string of the molecule is Cc1nn(CC(C)C)c(C)c1CCC(=O)NCc1cc(C(=O)O)c(C)o1. The van der Waals surface area contributed by atoms with Gasteiger partial charge in [-0.15, -0.1) is 0 Å². The predicted molar refractivity (Wildman–Crippen MR) is 97.1 cm³/mol. The standard InChI is InChI=1S/C19H27N3O4/c1-11(2)10-22-13(4)16(12(3)21-22)6-7-18(23)20-9-15-8-17(19(24)25)14(5)26-15/h8,11H,6-7,9-10H2,1-5H3,(H,20,23)(H,24,25). The van der Waals surface area contributed by atoms with E-state index in [-0.39, 0.29) is 18.0 Å². The molecule has 0 aliphatic carbocycles. The first-order valence-electron chi connectivity index (χ1n) is 8.81. The summed E-state index contributed by atoms with van der Waals surface area (Å²) >= 11 is 0. The Morgan fingerprint density at radius 2 is 2.00 bits per heavy atom. The fourth-order valence-electron chi connectivity index (χ4n) is 2.98. The van der Waals surface area contributed by atoms with Gasteiger partial charge in [-0.05, 0) is 44.7 Å². The Morgan fingerprint density at radius 3 is 2.58 bits per heavy atom. The Morgan fingerprint density at radius 1 is 1.31 bits per heavy atom. The van der Waals surface area contributed by atoms with Crippen LogP contribution in [0.5, 0.6) is 0 Å². The number of nitrogens with one attached hydrogen (secondary N) is 1. The van der Waals surface area contributed by atoms with Crippen molar-refractivity contribution in [2.45, 2.75) is 60.5 Å². The number of carbonyl (C=O) groups excluding carboxylic acids is 1. The average Bonchev–Trinajstić information content (AvgIpc) is 3.04. The lowest BCUT2D eigenvalue weighted by Gasteiger charge is -2.08. The van der Waals surface area contributed by atoms with E-state index in [1.165, 1.54) is 6.07 Å².